The first-order valence-electron chi connectivity index (χ1n) is 8.61. The fourth-order valence-corrected chi connectivity index (χ4v) is 2.72. The number of nitrogens with one attached hydrogen (secondary N) is 2. The van der Waals surface area contributed by atoms with Crippen LogP contribution in [-0.2, 0) is 9.59 Å². The molecule has 2 aromatic carbocycles. The molecule has 0 radical (unpaired) electrons. The van der Waals surface area contributed by atoms with Gasteiger partial charge >= 0.3 is 0 Å². The first kappa shape index (κ1) is 15.7. The van der Waals surface area contributed by atoms with Gasteiger partial charge in [-0.05, 0) is 62.1 Å². The molecule has 2 N–H and O–H groups in total. The van der Waals surface area contributed by atoms with Crippen molar-refractivity contribution in [3.8, 4) is 11.5 Å². The van der Waals surface area contributed by atoms with Gasteiger partial charge in [0.05, 0.1) is 0 Å². The molecule has 128 valence electrons. The average molecular weight is 336 g/mol. The van der Waals surface area contributed by atoms with E-state index in [1.165, 1.54) is 0 Å². The second-order valence-electron chi connectivity index (χ2n) is 6.72. The molecule has 25 heavy (non-hydrogen) atoms. The third-order valence-electron chi connectivity index (χ3n) is 4.62. The fraction of sp³-hybridized carbons (Fsp3) is 0.300. The van der Waals surface area contributed by atoms with E-state index in [0.717, 1.165) is 18.6 Å². The Balaban J connectivity index is 1.37. The topological polar surface area (TPSA) is 67.4 Å². The fourth-order valence-electron chi connectivity index (χ4n) is 2.72. The highest BCUT2D eigenvalue weighted by Gasteiger charge is 2.57. The van der Waals surface area contributed by atoms with Gasteiger partial charge in [0.15, 0.2) is 0 Å². The van der Waals surface area contributed by atoms with Crippen LogP contribution >= 0.6 is 0 Å². The number of para-hydroxylation sites is 1. The Morgan fingerprint density at radius 1 is 0.880 bits per heavy atom. The molecule has 0 heterocycles. The zero-order chi connectivity index (χ0) is 17.3. The number of benzene rings is 2. The molecule has 4 rings (SSSR count). The van der Waals surface area contributed by atoms with Gasteiger partial charge in [-0.25, -0.2) is 0 Å². The van der Waals surface area contributed by atoms with Crippen molar-refractivity contribution >= 4 is 17.5 Å². The second kappa shape index (κ2) is 6.24. The molecule has 0 unspecified atom stereocenters. The number of rotatable bonds is 6. The minimum Gasteiger partial charge on any atom is -0.457 e. The number of hydrogen-bond donors (Lipinski definition) is 2. The summed E-state index contributed by atoms with van der Waals surface area (Å²) in [6.07, 6.45) is 3.28. The van der Waals surface area contributed by atoms with Crippen LogP contribution in [0.15, 0.2) is 54.6 Å². The van der Waals surface area contributed by atoms with Crippen molar-refractivity contribution in [1.82, 2.24) is 5.32 Å². The Hall–Kier alpha value is -2.82. The lowest BCUT2D eigenvalue weighted by molar-refractivity contribution is -0.134. The maximum atomic E-state index is 12.5. The highest BCUT2D eigenvalue weighted by molar-refractivity contribution is 6.13. The first-order valence-corrected chi connectivity index (χ1v) is 8.61. The van der Waals surface area contributed by atoms with Gasteiger partial charge in [-0.3, -0.25) is 9.59 Å². The van der Waals surface area contributed by atoms with Gasteiger partial charge in [-0.2, -0.15) is 0 Å². The lowest BCUT2D eigenvalue weighted by atomic mass is 10.0. The smallest absolute Gasteiger partial charge is 0.240 e. The van der Waals surface area contributed by atoms with Crippen molar-refractivity contribution < 1.29 is 14.3 Å². The predicted molar refractivity (Wildman–Crippen MR) is 94.4 cm³/mol. The van der Waals surface area contributed by atoms with Gasteiger partial charge in [0, 0.05) is 11.7 Å². The van der Waals surface area contributed by atoms with Crippen molar-refractivity contribution in [3.05, 3.63) is 54.6 Å². The van der Waals surface area contributed by atoms with Crippen LogP contribution in [0, 0.1) is 5.41 Å². The van der Waals surface area contributed by atoms with E-state index >= 15 is 0 Å². The van der Waals surface area contributed by atoms with Crippen LogP contribution in [0.4, 0.5) is 5.69 Å². The van der Waals surface area contributed by atoms with Crippen LogP contribution in [0.5, 0.6) is 11.5 Å². The van der Waals surface area contributed by atoms with E-state index in [4.69, 9.17) is 4.74 Å². The average Bonchev–Trinajstić information content (AvgIpc) is 3.52. The van der Waals surface area contributed by atoms with E-state index in [2.05, 4.69) is 10.6 Å². The summed E-state index contributed by atoms with van der Waals surface area (Å²) in [4.78, 5) is 24.8. The quantitative estimate of drug-likeness (QED) is 0.794. The maximum absolute atomic E-state index is 12.5. The van der Waals surface area contributed by atoms with E-state index in [-0.39, 0.29) is 17.9 Å². The van der Waals surface area contributed by atoms with Crippen LogP contribution in [0.2, 0.25) is 0 Å². The Morgan fingerprint density at radius 3 is 2.12 bits per heavy atom. The molecule has 2 saturated carbocycles. The largest absolute Gasteiger partial charge is 0.457 e. The minimum absolute atomic E-state index is 0.128. The summed E-state index contributed by atoms with van der Waals surface area (Å²) < 4.78 is 5.73. The zero-order valence-corrected chi connectivity index (χ0v) is 13.8. The number of anilines is 1. The number of amides is 2. The van der Waals surface area contributed by atoms with Crippen LogP contribution in [0.3, 0.4) is 0 Å². The summed E-state index contributed by atoms with van der Waals surface area (Å²) in [7, 11) is 0. The highest BCUT2D eigenvalue weighted by atomic mass is 16.5. The highest BCUT2D eigenvalue weighted by Crippen LogP contribution is 2.47. The third-order valence-corrected chi connectivity index (χ3v) is 4.62. The first-order chi connectivity index (χ1) is 12.2. The minimum atomic E-state index is -0.873. The van der Waals surface area contributed by atoms with Gasteiger partial charge in [-0.15, -0.1) is 0 Å². The lowest BCUT2D eigenvalue weighted by Gasteiger charge is -2.15. The number of hydrogen-bond acceptors (Lipinski definition) is 3. The van der Waals surface area contributed by atoms with Crippen molar-refractivity contribution in [1.29, 1.82) is 0 Å². The monoisotopic (exact) mass is 336 g/mol. The van der Waals surface area contributed by atoms with Gasteiger partial charge in [-0.1, -0.05) is 18.2 Å². The van der Waals surface area contributed by atoms with Crippen molar-refractivity contribution in [2.45, 2.75) is 31.7 Å². The zero-order valence-electron chi connectivity index (χ0n) is 13.8. The molecule has 0 spiro atoms. The maximum Gasteiger partial charge on any atom is 0.240 e. The van der Waals surface area contributed by atoms with Crippen molar-refractivity contribution in [3.63, 3.8) is 0 Å². The second-order valence-corrected chi connectivity index (χ2v) is 6.72. The molecule has 2 aromatic rings. The van der Waals surface area contributed by atoms with Gasteiger partial charge in [0.25, 0.3) is 0 Å². The van der Waals surface area contributed by atoms with Crippen molar-refractivity contribution in [2.24, 2.45) is 5.41 Å². The Kier molecular flexibility index (Phi) is 3.92. The molecule has 0 saturated heterocycles. The SMILES string of the molecule is O=C(Nc1ccc(Oc2ccccc2)cc1)C1(C(=O)NC2CC2)CC1. The number of carbonyl (C=O) groups is 2. The summed E-state index contributed by atoms with van der Waals surface area (Å²) in [6.45, 7) is 0. The predicted octanol–water partition coefficient (Wildman–Crippen LogP) is 3.48. The van der Waals surface area contributed by atoms with Gasteiger partial charge < -0.3 is 15.4 Å². The molecule has 0 atom stereocenters. The lowest BCUT2D eigenvalue weighted by Crippen LogP contribution is -2.40. The molecule has 5 heteroatoms. The molecular weight excluding hydrogens is 316 g/mol. The van der Waals surface area contributed by atoms with E-state index in [0.29, 0.717) is 24.3 Å². The summed E-state index contributed by atoms with van der Waals surface area (Å²) in [6, 6.07) is 16.9. The van der Waals surface area contributed by atoms with Crippen molar-refractivity contribution in [2.75, 3.05) is 5.32 Å². The molecule has 2 fully saturated rings. The molecule has 2 amide bonds. The molecule has 0 bridgehead atoms. The Labute approximate surface area is 146 Å². The summed E-state index contributed by atoms with van der Waals surface area (Å²) in [5.74, 6) is 1.10. The van der Waals surface area contributed by atoms with Crippen LogP contribution < -0.4 is 15.4 Å². The Morgan fingerprint density at radius 2 is 1.52 bits per heavy atom. The molecule has 2 aliphatic rings. The number of carbonyl (C=O) groups excluding carboxylic acids is 2. The van der Waals surface area contributed by atoms with Gasteiger partial charge in [0.2, 0.25) is 11.8 Å². The normalized spacial score (nSPS) is 17.4. The van der Waals surface area contributed by atoms with E-state index in [9.17, 15) is 9.59 Å². The third kappa shape index (κ3) is 3.50. The molecule has 0 aromatic heterocycles. The summed E-state index contributed by atoms with van der Waals surface area (Å²) in [5, 5.41) is 5.79. The van der Waals surface area contributed by atoms with Crippen LogP contribution in [-0.4, -0.2) is 17.9 Å². The van der Waals surface area contributed by atoms with Crippen LogP contribution in [0.1, 0.15) is 25.7 Å². The van der Waals surface area contributed by atoms with E-state index in [1.807, 2.05) is 30.3 Å². The van der Waals surface area contributed by atoms with E-state index in [1.54, 1.807) is 24.3 Å². The summed E-state index contributed by atoms with van der Waals surface area (Å²) in [5.41, 5.74) is -0.210. The molecule has 0 aliphatic heterocycles. The Bertz CT molecular complexity index is 778. The molecular formula is C20H20N2O3. The van der Waals surface area contributed by atoms with Crippen LogP contribution in [0.25, 0.3) is 0 Å². The number of ether oxygens (including phenoxy) is 1. The molecule has 2 aliphatic carbocycles. The van der Waals surface area contributed by atoms with E-state index < -0.39 is 5.41 Å². The standard InChI is InChI=1S/C20H20N2O3/c23-18(21-14-6-7-14)20(12-13-20)19(24)22-15-8-10-17(11-9-15)25-16-4-2-1-3-5-16/h1-5,8-11,14H,6-7,12-13H2,(H,21,23)(H,22,24). The van der Waals surface area contributed by atoms with Gasteiger partial charge in [0.1, 0.15) is 16.9 Å². The molecule has 5 nitrogen and oxygen atoms in total. The summed E-state index contributed by atoms with van der Waals surface area (Å²) >= 11 is 0.